The molecular formula is C23H30N2O4. The number of amides is 2. The van der Waals surface area contributed by atoms with Gasteiger partial charge in [-0.3, -0.25) is 4.79 Å². The molecule has 0 saturated carbocycles. The highest BCUT2D eigenvalue weighted by molar-refractivity contribution is 5.85. The van der Waals surface area contributed by atoms with Crippen LogP contribution in [0.5, 0.6) is 5.75 Å². The zero-order valence-electron chi connectivity index (χ0n) is 17.5. The Bertz CT molecular complexity index is 783. The van der Waals surface area contributed by atoms with Crippen LogP contribution in [0.2, 0.25) is 0 Å². The van der Waals surface area contributed by atoms with E-state index in [4.69, 9.17) is 9.47 Å². The summed E-state index contributed by atoms with van der Waals surface area (Å²) in [5, 5.41) is 5.60. The summed E-state index contributed by atoms with van der Waals surface area (Å²) in [5.41, 5.74) is 1.41. The Morgan fingerprint density at radius 2 is 1.62 bits per heavy atom. The van der Waals surface area contributed by atoms with Crippen molar-refractivity contribution in [2.24, 2.45) is 0 Å². The molecule has 0 bridgehead atoms. The topological polar surface area (TPSA) is 76.7 Å². The van der Waals surface area contributed by atoms with Crippen molar-refractivity contribution in [3.8, 4) is 5.75 Å². The molecule has 2 rings (SSSR count). The number of ether oxygens (including phenoxy) is 2. The van der Waals surface area contributed by atoms with E-state index in [1.54, 1.807) is 27.9 Å². The second-order valence-electron chi connectivity index (χ2n) is 7.79. The molecule has 0 aliphatic carbocycles. The predicted octanol–water partition coefficient (Wildman–Crippen LogP) is 3.84. The van der Waals surface area contributed by atoms with Crippen LogP contribution in [0.15, 0.2) is 54.6 Å². The maximum absolute atomic E-state index is 12.8. The van der Waals surface area contributed by atoms with Gasteiger partial charge in [0.15, 0.2) is 0 Å². The third kappa shape index (κ3) is 8.25. The molecule has 2 aromatic carbocycles. The number of methoxy groups -OCH3 is 1. The first kappa shape index (κ1) is 22.3. The summed E-state index contributed by atoms with van der Waals surface area (Å²) in [6, 6.07) is 16.6. The van der Waals surface area contributed by atoms with Crippen LogP contribution < -0.4 is 15.4 Å². The molecule has 0 fully saturated rings. The van der Waals surface area contributed by atoms with Crippen LogP contribution in [0.3, 0.4) is 0 Å². The molecule has 2 N–H and O–H groups in total. The van der Waals surface area contributed by atoms with Gasteiger partial charge in [-0.15, -0.1) is 0 Å². The number of carbonyl (C=O) groups is 2. The molecule has 0 radical (unpaired) electrons. The molecule has 0 aromatic heterocycles. The molecule has 0 aliphatic rings. The number of carbonyl (C=O) groups excluding carboxylic acids is 2. The number of hydrogen-bond donors (Lipinski definition) is 2. The molecule has 0 spiro atoms. The lowest BCUT2D eigenvalue weighted by molar-refractivity contribution is -0.123. The van der Waals surface area contributed by atoms with Gasteiger partial charge in [-0.25, -0.2) is 4.79 Å². The standard InChI is InChI=1S/C23H30N2O4/c1-23(2,3)29-22(27)25-20(15-12-17-8-6-5-7-9-17)21(26)24-16-18-10-13-19(28-4)14-11-18/h5-11,13-14,20H,12,15-16H2,1-4H3,(H,24,26)(H,25,27)/t20-/m0/s1. The zero-order valence-corrected chi connectivity index (χ0v) is 17.5. The van der Waals surface area contributed by atoms with E-state index in [2.05, 4.69) is 10.6 Å². The van der Waals surface area contributed by atoms with Gasteiger partial charge < -0.3 is 20.1 Å². The second kappa shape index (κ2) is 10.5. The fourth-order valence-corrected chi connectivity index (χ4v) is 2.73. The molecule has 0 aliphatic heterocycles. The Morgan fingerprint density at radius 1 is 0.966 bits per heavy atom. The fraction of sp³-hybridized carbons (Fsp3) is 0.391. The quantitative estimate of drug-likeness (QED) is 0.708. The lowest BCUT2D eigenvalue weighted by Gasteiger charge is -2.23. The number of aryl methyl sites for hydroxylation is 1. The van der Waals surface area contributed by atoms with E-state index >= 15 is 0 Å². The van der Waals surface area contributed by atoms with Crippen molar-refractivity contribution in [3.05, 3.63) is 65.7 Å². The maximum atomic E-state index is 12.8. The van der Waals surface area contributed by atoms with Crippen LogP contribution >= 0.6 is 0 Å². The first-order chi connectivity index (χ1) is 13.8. The van der Waals surface area contributed by atoms with Crippen LogP contribution in [-0.2, 0) is 22.5 Å². The normalized spacial score (nSPS) is 12.0. The minimum absolute atomic E-state index is 0.248. The minimum atomic E-state index is -0.691. The van der Waals surface area contributed by atoms with Crippen molar-refractivity contribution in [2.75, 3.05) is 7.11 Å². The number of alkyl carbamates (subject to hydrolysis) is 1. The van der Waals surface area contributed by atoms with Crippen molar-refractivity contribution < 1.29 is 19.1 Å². The number of rotatable bonds is 8. The van der Waals surface area contributed by atoms with Crippen LogP contribution in [0.25, 0.3) is 0 Å². The Morgan fingerprint density at radius 3 is 2.21 bits per heavy atom. The molecule has 0 saturated heterocycles. The first-order valence-electron chi connectivity index (χ1n) is 9.71. The molecule has 156 valence electrons. The van der Waals surface area contributed by atoms with E-state index in [-0.39, 0.29) is 5.91 Å². The van der Waals surface area contributed by atoms with E-state index < -0.39 is 17.7 Å². The Balaban J connectivity index is 1.99. The molecular weight excluding hydrogens is 368 g/mol. The summed E-state index contributed by atoms with van der Waals surface area (Å²) >= 11 is 0. The lowest BCUT2D eigenvalue weighted by atomic mass is 10.0. The lowest BCUT2D eigenvalue weighted by Crippen LogP contribution is -2.48. The van der Waals surface area contributed by atoms with Crippen molar-refractivity contribution >= 4 is 12.0 Å². The molecule has 2 aromatic rings. The van der Waals surface area contributed by atoms with Gasteiger partial charge >= 0.3 is 6.09 Å². The Hall–Kier alpha value is -3.02. The highest BCUT2D eigenvalue weighted by Gasteiger charge is 2.24. The summed E-state index contributed by atoms with van der Waals surface area (Å²) in [4.78, 5) is 25.0. The minimum Gasteiger partial charge on any atom is -0.497 e. The van der Waals surface area contributed by atoms with Gasteiger partial charge in [0, 0.05) is 6.54 Å². The smallest absolute Gasteiger partial charge is 0.408 e. The average Bonchev–Trinajstić information content (AvgIpc) is 2.69. The van der Waals surface area contributed by atoms with Gasteiger partial charge in [0.05, 0.1) is 7.11 Å². The monoisotopic (exact) mass is 398 g/mol. The Labute approximate surface area is 172 Å². The number of benzene rings is 2. The highest BCUT2D eigenvalue weighted by Crippen LogP contribution is 2.12. The highest BCUT2D eigenvalue weighted by atomic mass is 16.6. The van der Waals surface area contributed by atoms with Crippen molar-refractivity contribution in [2.45, 2.75) is 51.8 Å². The van der Waals surface area contributed by atoms with E-state index in [0.717, 1.165) is 16.9 Å². The Kier molecular flexibility index (Phi) is 8.07. The second-order valence-corrected chi connectivity index (χ2v) is 7.79. The predicted molar refractivity (Wildman–Crippen MR) is 113 cm³/mol. The van der Waals surface area contributed by atoms with E-state index in [0.29, 0.717) is 19.4 Å². The molecule has 29 heavy (non-hydrogen) atoms. The van der Waals surface area contributed by atoms with E-state index in [1.165, 1.54) is 0 Å². The molecule has 1 atom stereocenters. The SMILES string of the molecule is COc1ccc(CNC(=O)[C@H](CCc2ccccc2)NC(=O)OC(C)(C)C)cc1. The zero-order chi connectivity index (χ0) is 21.3. The fourth-order valence-electron chi connectivity index (χ4n) is 2.73. The third-order valence-corrected chi connectivity index (χ3v) is 4.20. The molecule has 2 amide bonds. The van der Waals surface area contributed by atoms with Gasteiger partial charge in [0.1, 0.15) is 17.4 Å². The summed E-state index contributed by atoms with van der Waals surface area (Å²) in [6.07, 6.45) is 0.532. The summed E-state index contributed by atoms with van der Waals surface area (Å²) in [6.45, 7) is 5.72. The van der Waals surface area contributed by atoms with Crippen molar-refractivity contribution in [3.63, 3.8) is 0 Å². The molecule has 0 heterocycles. The summed E-state index contributed by atoms with van der Waals surface area (Å²) in [5.74, 6) is 0.509. The molecule has 6 nitrogen and oxygen atoms in total. The van der Waals surface area contributed by atoms with Gasteiger partial charge in [0.2, 0.25) is 5.91 Å². The molecule has 0 unspecified atom stereocenters. The van der Waals surface area contributed by atoms with Gasteiger partial charge in [0.25, 0.3) is 0 Å². The first-order valence-corrected chi connectivity index (χ1v) is 9.71. The van der Waals surface area contributed by atoms with Crippen molar-refractivity contribution in [1.82, 2.24) is 10.6 Å². The van der Waals surface area contributed by atoms with Gasteiger partial charge in [-0.05, 0) is 56.9 Å². The summed E-state index contributed by atoms with van der Waals surface area (Å²) < 4.78 is 10.5. The third-order valence-electron chi connectivity index (χ3n) is 4.20. The number of hydrogen-bond acceptors (Lipinski definition) is 4. The van der Waals surface area contributed by atoms with Crippen molar-refractivity contribution in [1.29, 1.82) is 0 Å². The largest absolute Gasteiger partial charge is 0.497 e. The van der Waals surface area contributed by atoms with Crippen LogP contribution in [0.4, 0.5) is 4.79 Å². The van der Waals surface area contributed by atoms with Crippen LogP contribution in [0.1, 0.15) is 38.3 Å². The average molecular weight is 399 g/mol. The van der Waals surface area contributed by atoms with E-state index in [9.17, 15) is 9.59 Å². The number of nitrogens with one attached hydrogen (secondary N) is 2. The molecule has 6 heteroatoms. The van der Waals surface area contributed by atoms with Gasteiger partial charge in [-0.1, -0.05) is 42.5 Å². The maximum Gasteiger partial charge on any atom is 0.408 e. The van der Waals surface area contributed by atoms with Gasteiger partial charge in [-0.2, -0.15) is 0 Å². The van der Waals surface area contributed by atoms with Crippen LogP contribution in [0, 0.1) is 0 Å². The summed E-state index contributed by atoms with van der Waals surface area (Å²) in [7, 11) is 1.61. The van der Waals surface area contributed by atoms with E-state index in [1.807, 2.05) is 54.6 Å². The van der Waals surface area contributed by atoms with Crippen LogP contribution in [-0.4, -0.2) is 30.8 Å².